The van der Waals surface area contributed by atoms with E-state index in [1.54, 1.807) is 23.9 Å². The quantitative estimate of drug-likeness (QED) is 0.443. The van der Waals surface area contributed by atoms with Crippen LogP contribution in [0, 0.1) is 0 Å². The van der Waals surface area contributed by atoms with Crippen molar-refractivity contribution < 1.29 is 9.53 Å². The Kier molecular flexibility index (Phi) is 6.28. The van der Waals surface area contributed by atoms with Crippen LogP contribution in [0.4, 0.5) is 0 Å². The van der Waals surface area contributed by atoms with Crippen molar-refractivity contribution >= 4 is 40.0 Å². The number of carbonyl (C=O) groups excluding carboxylic acids is 1. The Labute approximate surface area is 152 Å². The molecule has 0 saturated carbocycles. The molecule has 0 fully saturated rings. The number of para-hydroxylation sites is 1. The van der Waals surface area contributed by atoms with Gasteiger partial charge in [-0.05, 0) is 23.9 Å². The normalized spacial score (nSPS) is 10.5. The van der Waals surface area contributed by atoms with E-state index in [-0.39, 0.29) is 5.12 Å². The third-order valence-electron chi connectivity index (χ3n) is 2.90. The summed E-state index contributed by atoms with van der Waals surface area (Å²) < 4.78 is 7.14. The second kappa shape index (κ2) is 8.86. The molecule has 2 aromatic carbocycles. The maximum atomic E-state index is 12.1. The van der Waals surface area contributed by atoms with Crippen LogP contribution in [0.2, 0.25) is 0 Å². The summed E-state index contributed by atoms with van der Waals surface area (Å²) in [5, 5.41) is 8.16. The highest BCUT2D eigenvalue weighted by molar-refractivity contribution is 8.15. The van der Waals surface area contributed by atoms with Crippen molar-refractivity contribution in [2.45, 2.75) is 8.68 Å². The molecule has 122 valence electrons. The third-order valence-corrected chi connectivity index (χ3v) is 5.89. The van der Waals surface area contributed by atoms with Crippen molar-refractivity contribution in [3.63, 3.8) is 0 Å². The van der Waals surface area contributed by atoms with Crippen LogP contribution in [0.1, 0.15) is 10.4 Å². The van der Waals surface area contributed by atoms with Crippen molar-refractivity contribution in [1.82, 2.24) is 10.2 Å². The average Bonchev–Trinajstić information content (AvgIpc) is 3.08. The number of benzene rings is 2. The van der Waals surface area contributed by atoms with Crippen LogP contribution >= 0.6 is 34.9 Å². The molecule has 4 nitrogen and oxygen atoms in total. The van der Waals surface area contributed by atoms with E-state index in [1.165, 1.54) is 11.3 Å². The lowest BCUT2D eigenvalue weighted by Crippen LogP contribution is -1.99. The molecule has 0 aliphatic carbocycles. The molecule has 1 aromatic heterocycles. The summed E-state index contributed by atoms with van der Waals surface area (Å²) in [7, 11) is 0. The van der Waals surface area contributed by atoms with E-state index in [1.807, 2.05) is 48.5 Å². The highest BCUT2D eigenvalue weighted by Gasteiger charge is 2.12. The zero-order chi connectivity index (χ0) is 16.6. The van der Waals surface area contributed by atoms with E-state index in [0.717, 1.165) is 27.6 Å². The van der Waals surface area contributed by atoms with Crippen LogP contribution in [0.5, 0.6) is 5.75 Å². The molecule has 0 N–H and O–H groups in total. The Morgan fingerprint density at radius 2 is 1.62 bits per heavy atom. The first-order valence-corrected chi connectivity index (χ1v) is 9.84. The minimum absolute atomic E-state index is 0.0179. The zero-order valence-electron chi connectivity index (χ0n) is 12.6. The monoisotopic (exact) mass is 374 g/mol. The molecular weight excluding hydrogens is 360 g/mol. The summed E-state index contributed by atoms with van der Waals surface area (Å²) in [6.07, 6.45) is 0. The second-order valence-electron chi connectivity index (χ2n) is 4.60. The molecule has 3 aromatic rings. The number of rotatable bonds is 7. The molecule has 1 heterocycles. The largest absolute Gasteiger partial charge is 0.493 e. The molecule has 0 spiro atoms. The van der Waals surface area contributed by atoms with Gasteiger partial charge in [0, 0.05) is 11.3 Å². The van der Waals surface area contributed by atoms with Crippen molar-refractivity contribution in [2.24, 2.45) is 0 Å². The maximum absolute atomic E-state index is 12.1. The number of aromatic nitrogens is 2. The smallest absolute Gasteiger partial charge is 0.226 e. The molecule has 0 amide bonds. The molecule has 24 heavy (non-hydrogen) atoms. The fraction of sp³-hybridized carbons (Fsp3) is 0.118. The Balaban J connectivity index is 1.45. The lowest BCUT2D eigenvalue weighted by molar-refractivity contribution is 0.108. The van der Waals surface area contributed by atoms with Gasteiger partial charge in [-0.25, -0.2) is 0 Å². The molecular formula is C17H14N2O2S3. The van der Waals surface area contributed by atoms with Gasteiger partial charge in [-0.1, -0.05) is 71.6 Å². The first-order chi connectivity index (χ1) is 11.8. The average molecular weight is 375 g/mol. The van der Waals surface area contributed by atoms with E-state index in [9.17, 15) is 4.79 Å². The van der Waals surface area contributed by atoms with Gasteiger partial charge < -0.3 is 4.74 Å². The van der Waals surface area contributed by atoms with Gasteiger partial charge in [-0.2, -0.15) is 0 Å². The fourth-order valence-corrected chi connectivity index (χ4v) is 4.57. The van der Waals surface area contributed by atoms with Crippen LogP contribution in [0.3, 0.4) is 0 Å². The Morgan fingerprint density at radius 3 is 2.38 bits per heavy atom. The summed E-state index contributed by atoms with van der Waals surface area (Å²) in [5.41, 5.74) is 0.670. The lowest BCUT2D eigenvalue weighted by Gasteiger charge is -2.03. The van der Waals surface area contributed by atoms with Gasteiger partial charge >= 0.3 is 0 Å². The van der Waals surface area contributed by atoms with Gasteiger partial charge in [-0.3, -0.25) is 4.79 Å². The van der Waals surface area contributed by atoms with E-state index in [0.29, 0.717) is 16.5 Å². The predicted octanol–water partition coefficient (Wildman–Crippen LogP) is 4.64. The van der Waals surface area contributed by atoms with Gasteiger partial charge in [0.05, 0.1) is 6.61 Å². The molecule has 0 bridgehead atoms. The summed E-state index contributed by atoms with van der Waals surface area (Å²) in [5.74, 6) is 1.64. The molecule has 0 aliphatic rings. The topological polar surface area (TPSA) is 52.1 Å². The standard InChI is InChI=1S/C17H14N2O2S3/c20-15(13-7-3-1-4-8-13)23-17-19-18-16(24-17)22-12-11-21-14-9-5-2-6-10-14/h1-10H,11-12H2. The number of carbonyl (C=O) groups is 1. The molecule has 7 heteroatoms. The van der Waals surface area contributed by atoms with Crippen LogP contribution in [-0.4, -0.2) is 27.7 Å². The van der Waals surface area contributed by atoms with Crippen molar-refractivity contribution in [1.29, 1.82) is 0 Å². The highest BCUT2D eigenvalue weighted by Crippen LogP contribution is 2.30. The highest BCUT2D eigenvalue weighted by atomic mass is 32.2. The maximum Gasteiger partial charge on any atom is 0.226 e. The summed E-state index contributed by atoms with van der Waals surface area (Å²) in [6, 6.07) is 18.9. The number of hydrogen-bond acceptors (Lipinski definition) is 7. The molecule has 0 saturated heterocycles. The van der Waals surface area contributed by atoms with Gasteiger partial charge in [0.2, 0.25) is 5.12 Å². The summed E-state index contributed by atoms with van der Waals surface area (Å²) in [6.45, 7) is 0.597. The fourth-order valence-electron chi connectivity index (χ4n) is 1.81. The number of thioether (sulfide) groups is 2. The molecule has 0 aliphatic heterocycles. The van der Waals surface area contributed by atoms with Crippen molar-refractivity contribution in [3.8, 4) is 5.75 Å². The lowest BCUT2D eigenvalue weighted by atomic mass is 10.2. The van der Waals surface area contributed by atoms with Crippen molar-refractivity contribution in [3.05, 3.63) is 66.2 Å². The Hall–Kier alpha value is -1.83. The number of nitrogens with zero attached hydrogens (tertiary/aromatic N) is 2. The molecule has 0 unspecified atom stereocenters. The van der Waals surface area contributed by atoms with Crippen LogP contribution in [0.15, 0.2) is 69.3 Å². The third kappa shape index (κ3) is 5.09. The van der Waals surface area contributed by atoms with E-state index < -0.39 is 0 Å². The first kappa shape index (κ1) is 17.0. The van der Waals surface area contributed by atoms with E-state index in [4.69, 9.17) is 4.74 Å². The predicted molar refractivity (Wildman–Crippen MR) is 99.2 cm³/mol. The van der Waals surface area contributed by atoms with Gasteiger partial charge in [0.1, 0.15) is 5.75 Å². The van der Waals surface area contributed by atoms with E-state index in [2.05, 4.69) is 10.2 Å². The number of hydrogen-bond donors (Lipinski definition) is 0. The van der Waals surface area contributed by atoms with Gasteiger partial charge in [0.25, 0.3) is 0 Å². The van der Waals surface area contributed by atoms with Gasteiger partial charge in [0.15, 0.2) is 8.68 Å². The summed E-state index contributed by atoms with van der Waals surface area (Å²) >= 11 is 4.12. The van der Waals surface area contributed by atoms with Crippen LogP contribution in [-0.2, 0) is 0 Å². The van der Waals surface area contributed by atoms with Crippen molar-refractivity contribution in [2.75, 3.05) is 12.4 Å². The van der Waals surface area contributed by atoms with Crippen LogP contribution in [0.25, 0.3) is 0 Å². The minimum atomic E-state index is -0.0179. The van der Waals surface area contributed by atoms with E-state index >= 15 is 0 Å². The summed E-state index contributed by atoms with van der Waals surface area (Å²) in [4.78, 5) is 12.1. The Bertz CT molecular complexity index is 779. The minimum Gasteiger partial charge on any atom is -0.493 e. The Morgan fingerprint density at radius 1 is 0.958 bits per heavy atom. The SMILES string of the molecule is O=C(Sc1nnc(SCCOc2ccccc2)s1)c1ccccc1. The second-order valence-corrected chi connectivity index (χ2v) is 8.14. The zero-order valence-corrected chi connectivity index (χ0v) is 15.1. The molecule has 3 rings (SSSR count). The van der Waals surface area contributed by atoms with Crippen LogP contribution < -0.4 is 4.74 Å². The first-order valence-electron chi connectivity index (χ1n) is 7.22. The number of ether oxygens (including phenoxy) is 1. The molecule has 0 atom stereocenters. The molecule has 0 radical (unpaired) electrons. The van der Waals surface area contributed by atoms with Gasteiger partial charge in [-0.15, -0.1) is 10.2 Å².